The lowest BCUT2D eigenvalue weighted by atomic mass is 10.0. The molecule has 0 spiro atoms. The van der Waals surface area contributed by atoms with Crippen LogP contribution in [0.4, 0.5) is 0 Å². The maximum Gasteiger partial charge on any atom is 0.0655 e. The normalized spacial score (nSPS) is 22.9. The number of nitrogens with one attached hydrogen (secondary N) is 3. The van der Waals surface area contributed by atoms with E-state index in [1.807, 2.05) is 18.5 Å². The molecule has 1 aromatic heterocycles. The van der Waals surface area contributed by atoms with Crippen molar-refractivity contribution in [3.8, 4) is 0 Å². The highest BCUT2D eigenvalue weighted by Crippen LogP contribution is 2.20. The first kappa shape index (κ1) is 20.4. The van der Waals surface area contributed by atoms with E-state index in [-0.39, 0.29) is 12.1 Å². The van der Waals surface area contributed by atoms with Gasteiger partial charge >= 0.3 is 0 Å². The van der Waals surface area contributed by atoms with Gasteiger partial charge in [-0.25, -0.2) is 10.9 Å². The maximum absolute atomic E-state index is 5.47. The molecule has 3 heterocycles. The lowest BCUT2D eigenvalue weighted by molar-refractivity contribution is 0.0358. The zero-order chi connectivity index (χ0) is 19.7. The largest absolute Gasteiger partial charge is 0.379 e. The second-order valence-electron chi connectivity index (χ2n) is 7.81. The molecular weight excluding hydrogens is 364 g/mol. The zero-order valence-corrected chi connectivity index (χ0v) is 17.0. The summed E-state index contributed by atoms with van der Waals surface area (Å²) in [6.07, 6.45) is 4.97. The Hall–Kier alpha value is -1.87. The molecule has 0 bridgehead atoms. The molecule has 2 aliphatic rings. The molecular formula is C22H32N6O. The van der Waals surface area contributed by atoms with Gasteiger partial charge < -0.3 is 4.74 Å². The van der Waals surface area contributed by atoms with Gasteiger partial charge in [0.15, 0.2) is 0 Å². The number of morpholine rings is 1. The summed E-state index contributed by atoms with van der Waals surface area (Å²) in [6, 6.07) is 15.3. The molecule has 2 aromatic rings. The van der Waals surface area contributed by atoms with E-state index >= 15 is 0 Å². The molecule has 29 heavy (non-hydrogen) atoms. The first-order valence-corrected chi connectivity index (χ1v) is 10.6. The van der Waals surface area contributed by atoms with E-state index in [9.17, 15) is 0 Å². The molecule has 156 valence electrons. The van der Waals surface area contributed by atoms with Gasteiger partial charge in [0.25, 0.3) is 0 Å². The minimum atomic E-state index is 0.242. The summed E-state index contributed by atoms with van der Waals surface area (Å²) in [7, 11) is 0. The molecule has 0 aliphatic carbocycles. The first-order chi connectivity index (χ1) is 14.4. The molecule has 0 radical (unpaired) electrons. The maximum atomic E-state index is 5.47. The highest BCUT2D eigenvalue weighted by Gasteiger charge is 2.29. The lowest BCUT2D eigenvalue weighted by Crippen LogP contribution is -2.43. The van der Waals surface area contributed by atoms with Crippen LogP contribution in [0.15, 0.2) is 54.9 Å². The van der Waals surface area contributed by atoms with Crippen LogP contribution in [0, 0.1) is 0 Å². The first-order valence-electron chi connectivity index (χ1n) is 10.6. The summed E-state index contributed by atoms with van der Waals surface area (Å²) >= 11 is 0. The molecule has 2 atom stereocenters. The smallest absolute Gasteiger partial charge is 0.0655 e. The molecule has 0 amide bonds. The van der Waals surface area contributed by atoms with Gasteiger partial charge in [-0.2, -0.15) is 5.53 Å². The summed E-state index contributed by atoms with van der Waals surface area (Å²) in [4.78, 5) is 9.35. The van der Waals surface area contributed by atoms with Crippen LogP contribution in [0.25, 0.3) is 0 Å². The molecule has 2 saturated heterocycles. The number of pyridine rings is 1. The van der Waals surface area contributed by atoms with Crippen molar-refractivity contribution >= 4 is 0 Å². The fraction of sp³-hybridized carbons (Fsp3) is 0.500. The Balaban J connectivity index is 1.37. The molecule has 7 heteroatoms. The number of rotatable bonds is 9. The second-order valence-corrected chi connectivity index (χ2v) is 7.81. The number of hydrogen-bond donors (Lipinski definition) is 3. The van der Waals surface area contributed by atoms with Crippen molar-refractivity contribution in [2.45, 2.75) is 25.0 Å². The van der Waals surface area contributed by atoms with Crippen LogP contribution in [0.5, 0.6) is 0 Å². The Morgan fingerprint density at radius 3 is 2.72 bits per heavy atom. The summed E-state index contributed by atoms with van der Waals surface area (Å²) < 4.78 is 5.47. The van der Waals surface area contributed by atoms with E-state index < -0.39 is 0 Å². The molecule has 0 saturated carbocycles. The van der Waals surface area contributed by atoms with E-state index in [4.69, 9.17) is 4.74 Å². The summed E-state index contributed by atoms with van der Waals surface area (Å²) in [5, 5.41) is 0. The predicted octanol–water partition coefficient (Wildman–Crippen LogP) is 1.33. The van der Waals surface area contributed by atoms with Gasteiger partial charge in [0, 0.05) is 38.6 Å². The van der Waals surface area contributed by atoms with E-state index in [0.717, 1.165) is 58.9 Å². The van der Waals surface area contributed by atoms with Crippen molar-refractivity contribution in [3.05, 3.63) is 66.0 Å². The number of benzene rings is 1. The number of nitrogens with zero attached hydrogens (tertiary/aromatic N) is 3. The van der Waals surface area contributed by atoms with E-state index in [0.29, 0.717) is 0 Å². The van der Waals surface area contributed by atoms with Crippen molar-refractivity contribution in [1.29, 1.82) is 0 Å². The van der Waals surface area contributed by atoms with Crippen molar-refractivity contribution in [3.63, 3.8) is 0 Å². The number of ether oxygens (including phenoxy) is 1. The molecule has 1 aromatic carbocycles. The van der Waals surface area contributed by atoms with Crippen LogP contribution in [-0.4, -0.2) is 66.8 Å². The van der Waals surface area contributed by atoms with Crippen molar-refractivity contribution in [2.75, 3.05) is 45.9 Å². The standard InChI is InChI=1S/C22H32N6O/c1-2-7-20(8-3-1)22-21(24-26-25-22)18-28(17-19-6-4-9-23-16-19)11-5-10-27-12-14-29-15-13-27/h1-4,6-9,16,21-22,24-26H,5,10-15,17-18H2. The molecule has 2 fully saturated rings. The van der Waals surface area contributed by atoms with Gasteiger partial charge in [0.05, 0.1) is 25.3 Å². The van der Waals surface area contributed by atoms with Gasteiger partial charge in [0.2, 0.25) is 0 Å². The molecule has 4 rings (SSSR count). The van der Waals surface area contributed by atoms with Crippen LogP contribution in [-0.2, 0) is 11.3 Å². The van der Waals surface area contributed by atoms with E-state index in [2.05, 4.69) is 67.6 Å². The van der Waals surface area contributed by atoms with Crippen LogP contribution >= 0.6 is 0 Å². The molecule has 2 aliphatic heterocycles. The molecule has 2 unspecified atom stereocenters. The third-order valence-corrected chi connectivity index (χ3v) is 5.68. The van der Waals surface area contributed by atoms with Crippen LogP contribution < -0.4 is 16.4 Å². The van der Waals surface area contributed by atoms with Crippen molar-refractivity contribution in [1.82, 2.24) is 31.2 Å². The third-order valence-electron chi connectivity index (χ3n) is 5.68. The summed E-state index contributed by atoms with van der Waals surface area (Å²) in [5.74, 6) is 0. The SMILES string of the molecule is c1ccc(C2NNNC2CN(CCCN2CCOCC2)Cc2cccnc2)cc1. The third kappa shape index (κ3) is 6.05. The highest BCUT2D eigenvalue weighted by molar-refractivity contribution is 5.21. The molecule has 3 N–H and O–H groups in total. The zero-order valence-electron chi connectivity index (χ0n) is 17.0. The van der Waals surface area contributed by atoms with E-state index in [1.54, 1.807) is 0 Å². The van der Waals surface area contributed by atoms with E-state index in [1.165, 1.54) is 11.1 Å². The second kappa shape index (κ2) is 10.8. The number of aromatic nitrogens is 1. The Morgan fingerprint density at radius 1 is 1.07 bits per heavy atom. The monoisotopic (exact) mass is 396 g/mol. The summed E-state index contributed by atoms with van der Waals surface area (Å²) in [6.45, 7) is 7.89. The fourth-order valence-corrected chi connectivity index (χ4v) is 4.13. The summed E-state index contributed by atoms with van der Waals surface area (Å²) in [5.41, 5.74) is 12.5. The minimum absolute atomic E-state index is 0.242. The van der Waals surface area contributed by atoms with Crippen LogP contribution in [0.3, 0.4) is 0 Å². The Morgan fingerprint density at radius 2 is 1.93 bits per heavy atom. The number of hydrogen-bond acceptors (Lipinski definition) is 7. The van der Waals surface area contributed by atoms with Crippen molar-refractivity contribution < 1.29 is 4.74 Å². The highest BCUT2D eigenvalue weighted by atomic mass is 16.5. The average molecular weight is 397 g/mol. The van der Waals surface area contributed by atoms with Gasteiger partial charge in [-0.1, -0.05) is 36.4 Å². The van der Waals surface area contributed by atoms with Crippen LogP contribution in [0.1, 0.15) is 23.6 Å². The average Bonchev–Trinajstić information content (AvgIpc) is 3.24. The Labute approximate surface area is 173 Å². The van der Waals surface area contributed by atoms with Gasteiger partial charge in [-0.05, 0) is 36.7 Å². The Bertz CT molecular complexity index is 710. The van der Waals surface area contributed by atoms with Crippen molar-refractivity contribution in [2.24, 2.45) is 0 Å². The fourth-order valence-electron chi connectivity index (χ4n) is 4.13. The quantitative estimate of drug-likeness (QED) is 0.591. The lowest BCUT2D eigenvalue weighted by Gasteiger charge is -2.30. The Kier molecular flexibility index (Phi) is 7.58. The van der Waals surface area contributed by atoms with Crippen LogP contribution in [0.2, 0.25) is 0 Å². The van der Waals surface area contributed by atoms with Gasteiger partial charge in [-0.15, -0.1) is 0 Å². The van der Waals surface area contributed by atoms with Gasteiger partial charge in [0.1, 0.15) is 0 Å². The minimum Gasteiger partial charge on any atom is -0.379 e. The predicted molar refractivity (Wildman–Crippen MR) is 114 cm³/mol. The number of hydrazine groups is 2. The molecule has 7 nitrogen and oxygen atoms in total. The topological polar surface area (TPSA) is 64.7 Å². The van der Waals surface area contributed by atoms with Gasteiger partial charge in [-0.3, -0.25) is 14.8 Å².